The van der Waals surface area contributed by atoms with Crippen molar-refractivity contribution < 1.29 is 4.79 Å². The SMILES string of the molecule is Cc1cc(N)cc(C(=O)Nc2ccsc2)c1. The number of thiophene rings is 1. The van der Waals surface area contributed by atoms with Crippen LogP contribution in [0.5, 0.6) is 0 Å². The van der Waals surface area contributed by atoms with E-state index >= 15 is 0 Å². The largest absolute Gasteiger partial charge is 0.399 e. The third-order valence-electron chi connectivity index (χ3n) is 2.14. The lowest BCUT2D eigenvalue weighted by Gasteiger charge is -2.05. The number of nitrogen functional groups attached to an aromatic ring is 1. The van der Waals surface area contributed by atoms with E-state index in [0.717, 1.165) is 11.3 Å². The Kier molecular flexibility index (Phi) is 2.92. The van der Waals surface area contributed by atoms with E-state index in [1.807, 2.05) is 35.9 Å². The average molecular weight is 232 g/mol. The van der Waals surface area contributed by atoms with Crippen molar-refractivity contribution in [3.63, 3.8) is 0 Å². The summed E-state index contributed by atoms with van der Waals surface area (Å²) in [5.74, 6) is -0.131. The number of nitrogens with one attached hydrogen (secondary N) is 1. The van der Waals surface area contributed by atoms with E-state index in [9.17, 15) is 4.79 Å². The summed E-state index contributed by atoms with van der Waals surface area (Å²) in [7, 11) is 0. The van der Waals surface area contributed by atoms with E-state index in [4.69, 9.17) is 5.73 Å². The van der Waals surface area contributed by atoms with E-state index in [2.05, 4.69) is 5.32 Å². The maximum Gasteiger partial charge on any atom is 0.255 e. The molecule has 2 aromatic rings. The molecule has 0 aliphatic rings. The third-order valence-corrected chi connectivity index (χ3v) is 2.82. The van der Waals surface area contributed by atoms with Gasteiger partial charge < -0.3 is 11.1 Å². The Morgan fingerprint density at radius 2 is 2.19 bits per heavy atom. The molecule has 2 rings (SSSR count). The van der Waals surface area contributed by atoms with Gasteiger partial charge >= 0.3 is 0 Å². The molecule has 1 heterocycles. The molecule has 0 unspecified atom stereocenters. The van der Waals surface area contributed by atoms with E-state index in [1.165, 1.54) is 0 Å². The molecule has 82 valence electrons. The van der Waals surface area contributed by atoms with Crippen LogP contribution in [0.3, 0.4) is 0 Å². The fourth-order valence-electron chi connectivity index (χ4n) is 1.48. The van der Waals surface area contributed by atoms with Gasteiger partial charge in [0.25, 0.3) is 5.91 Å². The maximum absolute atomic E-state index is 11.9. The molecule has 1 aromatic heterocycles. The Bertz CT molecular complexity index is 485. The first-order chi connectivity index (χ1) is 7.65. The molecule has 0 atom stereocenters. The van der Waals surface area contributed by atoms with Gasteiger partial charge in [0.2, 0.25) is 0 Å². The summed E-state index contributed by atoms with van der Waals surface area (Å²) in [6, 6.07) is 7.19. The van der Waals surface area contributed by atoms with Gasteiger partial charge in [0, 0.05) is 16.6 Å². The van der Waals surface area contributed by atoms with Gasteiger partial charge in [-0.15, -0.1) is 0 Å². The minimum Gasteiger partial charge on any atom is -0.399 e. The van der Waals surface area contributed by atoms with Gasteiger partial charge in [0.1, 0.15) is 0 Å². The molecule has 3 N–H and O–H groups in total. The zero-order valence-electron chi connectivity index (χ0n) is 8.86. The Morgan fingerprint density at radius 1 is 1.38 bits per heavy atom. The summed E-state index contributed by atoms with van der Waals surface area (Å²) in [4.78, 5) is 11.9. The van der Waals surface area contributed by atoms with Gasteiger partial charge in [-0.1, -0.05) is 0 Å². The number of rotatable bonds is 2. The van der Waals surface area contributed by atoms with Crippen molar-refractivity contribution in [3.8, 4) is 0 Å². The Balaban J connectivity index is 2.21. The summed E-state index contributed by atoms with van der Waals surface area (Å²) in [6.45, 7) is 1.91. The smallest absolute Gasteiger partial charge is 0.255 e. The fourth-order valence-corrected chi connectivity index (χ4v) is 2.07. The lowest BCUT2D eigenvalue weighted by molar-refractivity contribution is 0.102. The molecule has 16 heavy (non-hydrogen) atoms. The van der Waals surface area contributed by atoms with Crippen molar-refractivity contribution in [2.75, 3.05) is 11.1 Å². The molecule has 0 radical (unpaired) electrons. The molecular formula is C12H12N2OS. The van der Waals surface area contributed by atoms with Crippen LogP contribution in [0.2, 0.25) is 0 Å². The normalized spacial score (nSPS) is 10.1. The fraction of sp³-hybridized carbons (Fsp3) is 0.0833. The van der Waals surface area contributed by atoms with Crippen LogP contribution >= 0.6 is 11.3 Å². The second-order valence-electron chi connectivity index (χ2n) is 3.60. The summed E-state index contributed by atoms with van der Waals surface area (Å²) in [6.07, 6.45) is 0. The summed E-state index contributed by atoms with van der Waals surface area (Å²) in [5.41, 5.74) is 8.68. The molecule has 1 amide bonds. The van der Waals surface area contributed by atoms with Gasteiger partial charge in [-0.2, -0.15) is 11.3 Å². The minimum absolute atomic E-state index is 0.131. The lowest BCUT2D eigenvalue weighted by Crippen LogP contribution is -2.11. The molecule has 0 spiro atoms. The van der Waals surface area contributed by atoms with Crippen molar-refractivity contribution in [1.29, 1.82) is 0 Å². The maximum atomic E-state index is 11.9. The predicted molar refractivity (Wildman–Crippen MR) is 67.9 cm³/mol. The second-order valence-corrected chi connectivity index (χ2v) is 4.38. The topological polar surface area (TPSA) is 55.1 Å². The first-order valence-corrected chi connectivity index (χ1v) is 5.80. The summed E-state index contributed by atoms with van der Waals surface area (Å²) in [5, 5.41) is 6.61. The Hall–Kier alpha value is -1.81. The van der Waals surface area contributed by atoms with Crippen LogP contribution in [0.15, 0.2) is 35.0 Å². The zero-order chi connectivity index (χ0) is 11.5. The van der Waals surface area contributed by atoms with E-state index < -0.39 is 0 Å². The number of hydrogen-bond acceptors (Lipinski definition) is 3. The molecule has 0 saturated carbocycles. The highest BCUT2D eigenvalue weighted by Gasteiger charge is 2.07. The molecule has 0 saturated heterocycles. The average Bonchev–Trinajstić information content (AvgIpc) is 2.68. The van der Waals surface area contributed by atoms with Crippen molar-refractivity contribution in [1.82, 2.24) is 0 Å². The number of nitrogens with two attached hydrogens (primary N) is 1. The van der Waals surface area contributed by atoms with Gasteiger partial charge in [-0.3, -0.25) is 4.79 Å². The molecule has 0 aliphatic carbocycles. The van der Waals surface area contributed by atoms with Crippen LogP contribution in [-0.2, 0) is 0 Å². The van der Waals surface area contributed by atoms with Crippen LogP contribution in [-0.4, -0.2) is 5.91 Å². The molecule has 0 bridgehead atoms. The monoisotopic (exact) mass is 232 g/mol. The van der Waals surface area contributed by atoms with E-state index in [0.29, 0.717) is 11.3 Å². The summed E-state index contributed by atoms with van der Waals surface area (Å²) >= 11 is 1.54. The molecule has 1 aromatic carbocycles. The van der Waals surface area contributed by atoms with Crippen molar-refractivity contribution in [2.45, 2.75) is 6.92 Å². The number of anilines is 2. The van der Waals surface area contributed by atoms with Crippen molar-refractivity contribution in [3.05, 3.63) is 46.2 Å². The first kappa shape index (κ1) is 10.7. The predicted octanol–water partition coefficient (Wildman–Crippen LogP) is 2.89. The van der Waals surface area contributed by atoms with Crippen LogP contribution in [0.25, 0.3) is 0 Å². The van der Waals surface area contributed by atoms with Crippen LogP contribution in [0.4, 0.5) is 11.4 Å². The van der Waals surface area contributed by atoms with Crippen LogP contribution in [0.1, 0.15) is 15.9 Å². The summed E-state index contributed by atoms with van der Waals surface area (Å²) < 4.78 is 0. The highest BCUT2D eigenvalue weighted by atomic mass is 32.1. The number of benzene rings is 1. The third kappa shape index (κ3) is 2.41. The quantitative estimate of drug-likeness (QED) is 0.782. The van der Waals surface area contributed by atoms with Gasteiger partial charge in [-0.05, 0) is 42.1 Å². The van der Waals surface area contributed by atoms with Crippen LogP contribution < -0.4 is 11.1 Å². The van der Waals surface area contributed by atoms with E-state index in [1.54, 1.807) is 17.4 Å². The first-order valence-electron chi connectivity index (χ1n) is 4.86. The zero-order valence-corrected chi connectivity index (χ0v) is 9.67. The number of aryl methyl sites for hydroxylation is 1. The molecule has 0 fully saturated rings. The molecule has 4 heteroatoms. The number of hydrogen-bond donors (Lipinski definition) is 2. The number of amides is 1. The molecular weight excluding hydrogens is 220 g/mol. The Labute approximate surface area is 97.9 Å². The van der Waals surface area contributed by atoms with Gasteiger partial charge in [0.05, 0.1) is 5.69 Å². The number of carbonyl (C=O) groups is 1. The second kappa shape index (κ2) is 4.37. The Morgan fingerprint density at radius 3 is 2.81 bits per heavy atom. The number of carbonyl (C=O) groups excluding carboxylic acids is 1. The standard InChI is InChI=1S/C12H12N2OS/c1-8-4-9(6-10(13)5-8)12(15)14-11-2-3-16-7-11/h2-7H,13H2,1H3,(H,14,15). The molecule has 0 aliphatic heterocycles. The van der Waals surface area contributed by atoms with Crippen molar-refractivity contribution >= 4 is 28.6 Å². The van der Waals surface area contributed by atoms with Crippen LogP contribution in [0, 0.1) is 6.92 Å². The van der Waals surface area contributed by atoms with E-state index in [-0.39, 0.29) is 5.91 Å². The van der Waals surface area contributed by atoms with Gasteiger partial charge in [-0.25, -0.2) is 0 Å². The lowest BCUT2D eigenvalue weighted by atomic mass is 10.1. The van der Waals surface area contributed by atoms with Crippen molar-refractivity contribution in [2.24, 2.45) is 0 Å². The highest BCUT2D eigenvalue weighted by Crippen LogP contribution is 2.16. The highest BCUT2D eigenvalue weighted by molar-refractivity contribution is 7.08. The van der Waals surface area contributed by atoms with Gasteiger partial charge in [0.15, 0.2) is 0 Å². The minimum atomic E-state index is -0.131. The molecule has 3 nitrogen and oxygen atoms in total.